The summed E-state index contributed by atoms with van der Waals surface area (Å²) in [5.41, 5.74) is 2.35. The lowest BCUT2D eigenvalue weighted by atomic mass is 10.0. The lowest BCUT2D eigenvalue weighted by molar-refractivity contribution is 0.0680. The van der Waals surface area contributed by atoms with Gasteiger partial charge in [-0.05, 0) is 17.9 Å². The van der Waals surface area contributed by atoms with Gasteiger partial charge in [-0.25, -0.2) is 0 Å². The molecule has 1 aromatic carbocycles. The van der Waals surface area contributed by atoms with E-state index in [1.807, 2.05) is 0 Å². The Morgan fingerprint density at radius 3 is 2.39 bits per heavy atom. The molecule has 1 aliphatic rings. The van der Waals surface area contributed by atoms with Crippen molar-refractivity contribution >= 4 is 5.84 Å². The Kier molecular flexibility index (Phi) is 4.37. The normalized spacial score (nSPS) is 16.1. The summed E-state index contributed by atoms with van der Waals surface area (Å²) in [5.74, 6) is 1.30. The summed E-state index contributed by atoms with van der Waals surface area (Å²) in [6.45, 7) is 7.56. The number of nitrogens with zero attached hydrogens (tertiary/aromatic N) is 1. The van der Waals surface area contributed by atoms with Crippen LogP contribution >= 0.6 is 0 Å². The van der Waals surface area contributed by atoms with Gasteiger partial charge in [-0.2, -0.15) is 0 Å². The second kappa shape index (κ2) is 6.01. The molecule has 3 nitrogen and oxygen atoms in total. The van der Waals surface area contributed by atoms with Crippen LogP contribution in [0, 0.1) is 11.3 Å². The highest BCUT2D eigenvalue weighted by Crippen LogP contribution is 2.12. The van der Waals surface area contributed by atoms with Gasteiger partial charge in [0.1, 0.15) is 5.84 Å². The molecular formula is C15H22N2O. The zero-order valence-electron chi connectivity index (χ0n) is 11.3. The number of amidine groups is 1. The van der Waals surface area contributed by atoms with E-state index in [0.717, 1.165) is 38.3 Å². The zero-order valence-corrected chi connectivity index (χ0v) is 11.3. The third-order valence-electron chi connectivity index (χ3n) is 3.20. The van der Waals surface area contributed by atoms with Crippen LogP contribution < -0.4 is 0 Å². The number of morpholine rings is 1. The molecule has 1 N–H and O–H groups in total. The predicted molar refractivity (Wildman–Crippen MR) is 74.2 cm³/mol. The highest BCUT2D eigenvalue weighted by atomic mass is 16.5. The van der Waals surface area contributed by atoms with E-state index in [1.54, 1.807) is 0 Å². The standard InChI is InChI=1S/C15H22N2O/c1-12(2)11-13-3-5-14(6-4-13)15(16)17-7-9-18-10-8-17/h3-6,12,16H,7-11H2,1-2H3. The topological polar surface area (TPSA) is 36.3 Å². The number of benzene rings is 1. The number of hydrogen-bond acceptors (Lipinski definition) is 2. The number of hydrogen-bond donors (Lipinski definition) is 1. The maximum Gasteiger partial charge on any atom is 0.128 e. The first-order valence-electron chi connectivity index (χ1n) is 6.67. The molecule has 1 fully saturated rings. The lowest BCUT2D eigenvalue weighted by Crippen LogP contribution is -2.40. The Bertz CT molecular complexity index is 391. The van der Waals surface area contributed by atoms with Gasteiger partial charge in [0.15, 0.2) is 0 Å². The molecule has 0 spiro atoms. The Balaban J connectivity index is 2.02. The van der Waals surface area contributed by atoms with Crippen molar-refractivity contribution in [3.8, 4) is 0 Å². The van der Waals surface area contributed by atoms with Gasteiger partial charge < -0.3 is 9.64 Å². The van der Waals surface area contributed by atoms with Crippen LogP contribution in [0.5, 0.6) is 0 Å². The van der Waals surface area contributed by atoms with Crippen LogP contribution in [0.3, 0.4) is 0 Å². The number of ether oxygens (including phenoxy) is 1. The van der Waals surface area contributed by atoms with Crippen LogP contribution in [-0.4, -0.2) is 37.0 Å². The summed E-state index contributed by atoms with van der Waals surface area (Å²) >= 11 is 0. The minimum absolute atomic E-state index is 0.620. The van der Waals surface area contributed by atoms with Crippen molar-refractivity contribution in [1.29, 1.82) is 5.41 Å². The molecule has 1 aromatic rings. The lowest BCUT2D eigenvalue weighted by Gasteiger charge is -2.29. The molecule has 0 atom stereocenters. The van der Waals surface area contributed by atoms with Crippen molar-refractivity contribution in [2.75, 3.05) is 26.3 Å². The van der Waals surface area contributed by atoms with E-state index in [1.165, 1.54) is 5.56 Å². The van der Waals surface area contributed by atoms with Crippen molar-refractivity contribution in [2.24, 2.45) is 5.92 Å². The van der Waals surface area contributed by atoms with Gasteiger partial charge in [0, 0.05) is 18.7 Å². The quantitative estimate of drug-likeness (QED) is 0.657. The van der Waals surface area contributed by atoms with Crippen molar-refractivity contribution in [3.05, 3.63) is 35.4 Å². The number of rotatable bonds is 3. The second-order valence-corrected chi connectivity index (χ2v) is 5.24. The molecule has 0 amide bonds. The summed E-state index contributed by atoms with van der Waals surface area (Å²) in [6, 6.07) is 8.42. The Hall–Kier alpha value is -1.35. The summed E-state index contributed by atoms with van der Waals surface area (Å²) in [5, 5.41) is 8.21. The highest BCUT2D eigenvalue weighted by Gasteiger charge is 2.15. The van der Waals surface area contributed by atoms with Crippen LogP contribution in [-0.2, 0) is 11.2 Å². The SMILES string of the molecule is CC(C)Cc1ccc(C(=N)N2CCOCC2)cc1. The van der Waals surface area contributed by atoms with Crippen LogP contribution in [0.25, 0.3) is 0 Å². The minimum Gasteiger partial charge on any atom is -0.378 e. The average molecular weight is 246 g/mol. The predicted octanol–water partition coefficient (Wildman–Crippen LogP) is 2.54. The molecule has 1 aliphatic heterocycles. The Morgan fingerprint density at radius 1 is 1.22 bits per heavy atom. The fourth-order valence-corrected chi connectivity index (χ4v) is 2.24. The maximum absolute atomic E-state index is 8.21. The van der Waals surface area contributed by atoms with E-state index in [4.69, 9.17) is 10.1 Å². The largest absolute Gasteiger partial charge is 0.378 e. The van der Waals surface area contributed by atoms with Crippen LogP contribution in [0.4, 0.5) is 0 Å². The summed E-state index contributed by atoms with van der Waals surface area (Å²) in [7, 11) is 0. The molecule has 0 radical (unpaired) electrons. The van der Waals surface area contributed by atoms with Gasteiger partial charge in [-0.15, -0.1) is 0 Å². The summed E-state index contributed by atoms with van der Waals surface area (Å²) in [4.78, 5) is 2.08. The molecule has 98 valence electrons. The zero-order chi connectivity index (χ0) is 13.0. The fourth-order valence-electron chi connectivity index (χ4n) is 2.24. The first kappa shape index (κ1) is 13.1. The fraction of sp³-hybridized carbons (Fsp3) is 0.533. The molecule has 0 aromatic heterocycles. The van der Waals surface area contributed by atoms with Gasteiger partial charge >= 0.3 is 0 Å². The minimum atomic E-state index is 0.620. The molecule has 0 aliphatic carbocycles. The first-order valence-corrected chi connectivity index (χ1v) is 6.67. The van der Waals surface area contributed by atoms with Gasteiger partial charge in [0.05, 0.1) is 13.2 Å². The van der Waals surface area contributed by atoms with Crippen LogP contribution in [0.2, 0.25) is 0 Å². The van der Waals surface area contributed by atoms with Gasteiger partial charge in [0.2, 0.25) is 0 Å². The van der Waals surface area contributed by atoms with E-state index >= 15 is 0 Å². The highest BCUT2D eigenvalue weighted by molar-refractivity contribution is 5.96. The third kappa shape index (κ3) is 3.33. The second-order valence-electron chi connectivity index (χ2n) is 5.24. The summed E-state index contributed by atoms with van der Waals surface area (Å²) in [6.07, 6.45) is 1.10. The smallest absolute Gasteiger partial charge is 0.128 e. The van der Waals surface area contributed by atoms with Crippen LogP contribution in [0.15, 0.2) is 24.3 Å². The van der Waals surface area contributed by atoms with E-state index < -0.39 is 0 Å². The van der Waals surface area contributed by atoms with Gasteiger partial charge in [-0.1, -0.05) is 38.1 Å². The molecule has 18 heavy (non-hydrogen) atoms. The average Bonchev–Trinajstić information content (AvgIpc) is 2.39. The molecule has 2 rings (SSSR count). The van der Waals surface area contributed by atoms with E-state index in [-0.39, 0.29) is 0 Å². The number of nitrogens with one attached hydrogen (secondary N) is 1. The van der Waals surface area contributed by atoms with Crippen LogP contribution in [0.1, 0.15) is 25.0 Å². The van der Waals surface area contributed by atoms with Gasteiger partial charge in [0.25, 0.3) is 0 Å². The first-order chi connectivity index (χ1) is 8.66. The maximum atomic E-state index is 8.21. The van der Waals surface area contributed by atoms with E-state index in [0.29, 0.717) is 11.8 Å². The molecule has 0 bridgehead atoms. The van der Waals surface area contributed by atoms with Gasteiger partial charge in [-0.3, -0.25) is 5.41 Å². The third-order valence-corrected chi connectivity index (χ3v) is 3.20. The molecule has 3 heteroatoms. The monoisotopic (exact) mass is 246 g/mol. The van der Waals surface area contributed by atoms with E-state index in [2.05, 4.69) is 43.0 Å². The van der Waals surface area contributed by atoms with E-state index in [9.17, 15) is 0 Å². The molecule has 0 saturated carbocycles. The van der Waals surface area contributed by atoms with Crippen molar-refractivity contribution < 1.29 is 4.74 Å². The molecular weight excluding hydrogens is 224 g/mol. The van der Waals surface area contributed by atoms with Crippen molar-refractivity contribution in [3.63, 3.8) is 0 Å². The Labute approximate surface area is 109 Å². The van der Waals surface area contributed by atoms with Crippen molar-refractivity contribution in [1.82, 2.24) is 4.90 Å². The Morgan fingerprint density at radius 2 is 1.83 bits per heavy atom. The summed E-state index contributed by atoms with van der Waals surface area (Å²) < 4.78 is 5.31. The molecule has 1 saturated heterocycles. The molecule has 0 unspecified atom stereocenters. The van der Waals surface area contributed by atoms with Crippen molar-refractivity contribution in [2.45, 2.75) is 20.3 Å². The molecule has 1 heterocycles.